The van der Waals surface area contributed by atoms with E-state index in [1.807, 2.05) is 60.3 Å². The van der Waals surface area contributed by atoms with Crippen molar-refractivity contribution >= 4 is 34.8 Å². The van der Waals surface area contributed by atoms with Gasteiger partial charge in [0, 0.05) is 41.9 Å². The molecule has 1 fully saturated rings. The highest BCUT2D eigenvalue weighted by Gasteiger charge is 2.26. The zero-order valence-corrected chi connectivity index (χ0v) is 15.7. The van der Waals surface area contributed by atoms with E-state index in [-0.39, 0.29) is 12.0 Å². The number of halogens is 2. The van der Waals surface area contributed by atoms with E-state index in [2.05, 4.69) is 0 Å². The minimum absolute atomic E-state index is 0.00623. The fraction of sp³-hybridized carbons (Fsp3) is 0.316. The maximum atomic E-state index is 12.8. The van der Waals surface area contributed by atoms with Gasteiger partial charge in [0.15, 0.2) is 0 Å². The fourth-order valence-corrected chi connectivity index (χ4v) is 3.42. The fourth-order valence-electron chi connectivity index (χ4n) is 2.88. The smallest absolute Gasteiger partial charge is 0.254 e. The molecule has 1 aliphatic rings. The van der Waals surface area contributed by atoms with Crippen LogP contribution in [-0.2, 0) is 4.74 Å². The molecule has 6 heteroatoms. The number of morpholine rings is 1. The minimum Gasteiger partial charge on any atom is -0.378 e. The Hall–Kier alpha value is -1.75. The molecule has 1 aliphatic heterocycles. The van der Waals surface area contributed by atoms with Crippen LogP contribution in [0.3, 0.4) is 0 Å². The number of hydrogen-bond donors (Lipinski definition) is 0. The van der Waals surface area contributed by atoms with Crippen molar-refractivity contribution < 1.29 is 9.53 Å². The Morgan fingerprint density at radius 2 is 1.76 bits per heavy atom. The lowest BCUT2D eigenvalue weighted by molar-refractivity contribution is -0.0228. The molecule has 2 aromatic rings. The topological polar surface area (TPSA) is 32.8 Å². The monoisotopic (exact) mass is 378 g/mol. The van der Waals surface area contributed by atoms with Crippen LogP contribution < -0.4 is 4.90 Å². The van der Waals surface area contributed by atoms with Gasteiger partial charge in [-0.25, -0.2) is 0 Å². The second kappa shape index (κ2) is 7.65. The summed E-state index contributed by atoms with van der Waals surface area (Å²) in [7, 11) is 3.94. The Bertz CT molecular complexity index is 742. The van der Waals surface area contributed by atoms with Crippen molar-refractivity contribution in [3.8, 4) is 0 Å². The summed E-state index contributed by atoms with van der Waals surface area (Å²) in [6, 6.07) is 13.0. The molecule has 2 aromatic carbocycles. The zero-order valence-electron chi connectivity index (χ0n) is 14.2. The molecule has 0 N–H and O–H groups in total. The molecule has 0 bridgehead atoms. The van der Waals surface area contributed by atoms with Gasteiger partial charge in [0.05, 0.1) is 13.2 Å². The van der Waals surface area contributed by atoms with Crippen LogP contribution in [0.1, 0.15) is 22.0 Å². The molecule has 3 rings (SSSR count). The first-order valence-corrected chi connectivity index (χ1v) is 8.84. The number of anilines is 1. The second-order valence-corrected chi connectivity index (χ2v) is 7.13. The van der Waals surface area contributed by atoms with Crippen molar-refractivity contribution in [2.24, 2.45) is 0 Å². The van der Waals surface area contributed by atoms with Gasteiger partial charge in [-0.2, -0.15) is 0 Å². The highest BCUT2D eigenvalue weighted by atomic mass is 35.5. The maximum Gasteiger partial charge on any atom is 0.254 e. The van der Waals surface area contributed by atoms with Crippen molar-refractivity contribution in [1.29, 1.82) is 0 Å². The van der Waals surface area contributed by atoms with Crippen LogP contribution in [0.15, 0.2) is 42.5 Å². The first-order chi connectivity index (χ1) is 11.9. The van der Waals surface area contributed by atoms with E-state index in [9.17, 15) is 4.79 Å². The zero-order chi connectivity index (χ0) is 18.0. The van der Waals surface area contributed by atoms with Gasteiger partial charge in [0.1, 0.15) is 6.10 Å². The Kier molecular flexibility index (Phi) is 5.52. The molecule has 0 aliphatic carbocycles. The van der Waals surface area contributed by atoms with E-state index >= 15 is 0 Å². The number of ether oxygens (including phenoxy) is 1. The van der Waals surface area contributed by atoms with Crippen LogP contribution in [0, 0.1) is 0 Å². The average Bonchev–Trinajstić information content (AvgIpc) is 2.60. The molecule has 25 heavy (non-hydrogen) atoms. The molecule has 1 heterocycles. The number of rotatable bonds is 3. The lowest BCUT2D eigenvalue weighted by Crippen LogP contribution is -2.42. The van der Waals surface area contributed by atoms with Crippen LogP contribution in [0.5, 0.6) is 0 Å². The Balaban J connectivity index is 1.75. The van der Waals surface area contributed by atoms with Gasteiger partial charge < -0.3 is 14.5 Å². The van der Waals surface area contributed by atoms with E-state index < -0.39 is 0 Å². The molecule has 132 valence electrons. The summed E-state index contributed by atoms with van der Waals surface area (Å²) in [6.07, 6.45) is -0.227. The number of amides is 1. The Labute approximate surface area is 157 Å². The predicted molar refractivity (Wildman–Crippen MR) is 102 cm³/mol. The van der Waals surface area contributed by atoms with Crippen molar-refractivity contribution in [1.82, 2.24) is 4.90 Å². The largest absolute Gasteiger partial charge is 0.378 e. The molecule has 0 saturated carbocycles. The summed E-state index contributed by atoms with van der Waals surface area (Å²) in [4.78, 5) is 16.6. The van der Waals surface area contributed by atoms with Gasteiger partial charge in [-0.3, -0.25) is 4.79 Å². The van der Waals surface area contributed by atoms with Gasteiger partial charge >= 0.3 is 0 Å². The molecular formula is C19H20Cl2N2O2. The van der Waals surface area contributed by atoms with Crippen LogP contribution in [0.2, 0.25) is 10.0 Å². The highest BCUT2D eigenvalue weighted by Crippen LogP contribution is 2.28. The normalized spacial score (nSPS) is 17.4. The molecule has 0 spiro atoms. The van der Waals surface area contributed by atoms with Crippen LogP contribution in [0.4, 0.5) is 5.69 Å². The molecule has 4 nitrogen and oxygen atoms in total. The van der Waals surface area contributed by atoms with Gasteiger partial charge in [-0.1, -0.05) is 23.2 Å². The quantitative estimate of drug-likeness (QED) is 0.799. The molecule has 0 aromatic heterocycles. The maximum absolute atomic E-state index is 12.8. The molecular weight excluding hydrogens is 359 g/mol. The van der Waals surface area contributed by atoms with Crippen molar-refractivity contribution in [2.45, 2.75) is 6.10 Å². The van der Waals surface area contributed by atoms with Crippen LogP contribution in [-0.4, -0.2) is 44.6 Å². The summed E-state index contributed by atoms with van der Waals surface area (Å²) in [5, 5.41) is 1.13. The van der Waals surface area contributed by atoms with E-state index in [0.717, 1.165) is 11.3 Å². The standard InChI is InChI=1S/C19H20Cl2N2O2/c1-22(2)17-5-3-13(4-6-17)19(24)23-7-8-25-18(12-23)14-9-15(20)11-16(21)10-14/h3-6,9-11,18H,7-8,12H2,1-2H3. The molecule has 1 saturated heterocycles. The summed E-state index contributed by atoms with van der Waals surface area (Å²) < 4.78 is 5.82. The second-order valence-electron chi connectivity index (χ2n) is 6.25. The summed E-state index contributed by atoms with van der Waals surface area (Å²) >= 11 is 12.2. The highest BCUT2D eigenvalue weighted by molar-refractivity contribution is 6.34. The van der Waals surface area contributed by atoms with E-state index in [0.29, 0.717) is 35.3 Å². The third kappa shape index (κ3) is 4.27. The number of hydrogen-bond acceptors (Lipinski definition) is 3. The van der Waals surface area contributed by atoms with Gasteiger partial charge in [-0.05, 0) is 48.0 Å². The SMILES string of the molecule is CN(C)c1ccc(C(=O)N2CCOC(c3cc(Cl)cc(Cl)c3)C2)cc1. The first kappa shape index (κ1) is 18.1. The van der Waals surface area contributed by atoms with Crippen LogP contribution in [0.25, 0.3) is 0 Å². The van der Waals surface area contributed by atoms with E-state index in [4.69, 9.17) is 27.9 Å². The summed E-state index contributed by atoms with van der Waals surface area (Å²) in [5.74, 6) is 0.00623. The summed E-state index contributed by atoms with van der Waals surface area (Å²) in [6.45, 7) is 1.53. The molecule has 1 amide bonds. The van der Waals surface area contributed by atoms with E-state index in [1.165, 1.54) is 0 Å². The van der Waals surface area contributed by atoms with Crippen molar-refractivity contribution in [2.75, 3.05) is 38.7 Å². The molecule has 1 unspecified atom stereocenters. The molecule has 1 atom stereocenters. The predicted octanol–water partition coefficient (Wildman–Crippen LogP) is 4.27. The van der Waals surface area contributed by atoms with Gasteiger partial charge in [-0.15, -0.1) is 0 Å². The lowest BCUT2D eigenvalue weighted by atomic mass is 10.1. The number of carbonyl (C=O) groups excluding carboxylic acids is 1. The van der Waals surface area contributed by atoms with E-state index in [1.54, 1.807) is 6.07 Å². The minimum atomic E-state index is -0.227. The number of nitrogens with zero attached hydrogens (tertiary/aromatic N) is 2. The summed E-state index contributed by atoms with van der Waals surface area (Å²) in [5.41, 5.74) is 2.62. The third-order valence-corrected chi connectivity index (χ3v) is 4.68. The average molecular weight is 379 g/mol. The van der Waals surface area contributed by atoms with Crippen molar-refractivity contribution in [3.05, 3.63) is 63.6 Å². The molecule has 0 radical (unpaired) electrons. The van der Waals surface area contributed by atoms with Crippen LogP contribution >= 0.6 is 23.2 Å². The Morgan fingerprint density at radius 3 is 2.36 bits per heavy atom. The van der Waals surface area contributed by atoms with Crippen molar-refractivity contribution in [3.63, 3.8) is 0 Å². The number of benzene rings is 2. The number of carbonyl (C=O) groups is 1. The van der Waals surface area contributed by atoms with Gasteiger partial charge in [0.2, 0.25) is 0 Å². The Morgan fingerprint density at radius 1 is 1.12 bits per heavy atom. The lowest BCUT2D eigenvalue weighted by Gasteiger charge is -2.33. The first-order valence-electron chi connectivity index (χ1n) is 8.08. The third-order valence-electron chi connectivity index (χ3n) is 4.24. The van der Waals surface area contributed by atoms with Gasteiger partial charge in [0.25, 0.3) is 5.91 Å².